The van der Waals surface area contributed by atoms with Gasteiger partial charge in [0, 0.05) is 18.7 Å². The van der Waals surface area contributed by atoms with Crippen LogP contribution in [-0.2, 0) is 13.8 Å². The molecule has 2 N–H and O–H groups in total. The first-order chi connectivity index (χ1) is 12.1. The molecule has 2 aromatic heterocycles. The van der Waals surface area contributed by atoms with Crippen LogP contribution in [0.1, 0.15) is 19.0 Å². The van der Waals surface area contributed by atoms with Crippen molar-refractivity contribution in [1.82, 2.24) is 19.5 Å². The number of anilines is 1. The van der Waals surface area contributed by atoms with E-state index in [1.807, 2.05) is 0 Å². The van der Waals surface area contributed by atoms with Gasteiger partial charge in [0.2, 0.25) is 0 Å². The number of aliphatic hydroxyl groups is 1. The Labute approximate surface area is 149 Å². The maximum atomic E-state index is 15.2. The standard InChI is InChI=1S/C14H19FN5O5P/c1-7-17-11(19(3)4)9-12(18-7)20(6-16-9)13-14(2,15)10(21)8(25-13)5-24-26(22)23/h6,8,10,13,21H,5H2,1-4H3/p+1/t8-,10-,13-,14-/m1/s1. The molecule has 1 aliphatic rings. The zero-order chi connectivity index (χ0) is 19.2. The van der Waals surface area contributed by atoms with Crippen LogP contribution in [0.25, 0.3) is 11.2 Å². The SMILES string of the molecule is Cc1nc(N(C)C)c2ncn([C@@H]3O[C@H](CO[P+](=O)O)[C@@H](O)[C@@]3(C)F)c2n1. The molecule has 0 amide bonds. The largest absolute Gasteiger partial charge is 0.694 e. The van der Waals surface area contributed by atoms with Crippen molar-refractivity contribution >= 4 is 25.2 Å². The van der Waals surface area contributed by atoms with Gasteiger partial charge in [-0.3, -0.25) is 4.57 Å². The molecular weight excluding hydrogens is 368 g/mol. The minimum atomic E-state index is -2.88. The van der Waals surface area contributed by atoms with Gasteiger partial charge in [0.15, 0.2) is 28.9 Å². The second-order valence-electron chi connectivity index (χ2n) is 6.47. The van der Waals surface area contributed by atoms with E-state index in [1.54, 1.807) is 25.9 Å². The number of ether oxygens (including phenoxy) is 1. The molecule has 1 fully saturated rings. The van der Waals surface area contributed by atoms with Gasteiger partial charge < -0.3 is 14.7 Å². The van der Waals surface area contributed by atoms with Crippen molar-refractivity contribution in [3.63, 3.8) is 0 Å². The molecule has 0 bridgehead atoms. The third-order valence-electron chi connectivity index (χ3n) is 4.26. The van der Waals surface area contributed by atoms with E-state index in [0.29, 0.717) is 22.8 Å². The topological polar surface area (TPSA) is 123 Å². The molecule has 1 aliphatic heterocycles. The number of aryl methyl sites for hydroxylation is 1. The highest BCUT2D eigenvalue weighted by atomic mass is 31.1. The van der Waals surface area contributed by atoms with Gasteiger partial charge in [-0.1, -0.05) is 0 Å². The molecule has 3 heterocycles. The average molecular weight is 388 g/mol. The van der Waals surface area contributed by atoms with Gasteiger partial charge in [0.05, 0.1) is 6.33 Å². The molecule has 3 rings (SSSR count). The van der Waals surface area contributed by atoms with Gasteiger partial charge in [-0.15, -0.1) is 9.42 Å². The maximum Gasteiger partial charge on any atom is 0.694 e. The summed E-state index contributed by atoms with van der Waals surface area (Å²) in [6.07, 6.45) is -2.54. The van der Waals surface area contributed by atoms with Crippen LogP contribution in [0.15, 0.2) is 6.33 Å². The number of hydrogen-bond acceptors (Lipinski definition) is 8. The summed E-state index contributed by atoms with van der Waals surface area (Å²) in [6.45, 7) is 2.47. The molecule has 5 atom stereocenters. The minimum Gasteiger partial charge on any atom is -0.387 e. The highest BCUT2D eigenvalue weighted by Crippen LogP contribution is 2.43. The van der Waals surface area contributed by atoms with E-state index in [0.717, 1.165) is 0 Å². The summed E-state index contributed by atoms with van der Waals surface area (Å²) in [6, 6.07) is 0. The smallest absolute Gasteiger partial charge is 0.387 e. The lowest BCUT2D eigenvalue weighted by Crippen LogP contribution is -2.40. The van der Waals surface area contributed by atoms with Crippen LogP contribution in [0, 0.1) is 6.92 Å². The van der Waals surface area contributed by atoms with Crippen molar-refractivity contribution in [2.75, 3.05) is 25.6 Å². The van der Waals surface area contributed by atoms with Crippen molar-refractivity contribution in [3.8, 4) is 0 Å². The summed E-state index contributed by atoms with van der Waals surface area (Å²) in [5.74, 6) is 1.04. The second-order valence-corrected chi connectivity index (χ2v) is 7.20. The summed E-state index contributed by atoms with van der Waals surface area (Å²) < 4.78 is 37.5. The molecule has 12 heteroatoms. The molecule has 1 unspecified atom stereocenters. The Morgan fingerprint density at radius 1 is 1.50 bits per heavy atom. The zero-order valence-corrected chi connectivity index (χ0v) is 15.6. The Morgan fingerprint density at radius 2 is 2.19 bits per heavy atom. The van der Waals surface area contributed by atoms with Crippen LogP contribution in [0.5, 0.6) is 0 Å². The quantitative estimate of drug-likeness (QED) is 0.718. The van der Waals surface area contributed by atoms with Crippen molar-refractivity contribution < 1.29 is 28.2 Å². The van der Waals surface area contributed by atoms with E-state index in [-0.39, 0.29) is 0 Å². The molecule has 10 nitrogen and oxygen atoms in total. The fraction of sp³-hybridized carbons (Fsp3) is 0.643. The Bertz CT molecular complexity index is 844. The minimum absolute atomic E-state index is 0.358. The number of aliphatic hydroxyl groups excluding tert-OH is 1. The lowest BCUT2D eigenvalue weighted by molar-refractivity contribution is -0.0540. The number of nitrogens with zero attached hydrogens (tertiary/aromatic N) is 5. The predicted molar refractivity (Wildman–Crippen MR) is 89.6 cm³/mol. The summed E-state index contributed by atoms with van der Waals surface area (Å²) >= 11 is 0. The van der Waals surface area contributed by atoms with Gasteiger partial charge in [-0.2, -0.15) is 0 Å². The number of alkyl halides is 1. The van der Waals surface area contributed by atoms with Crippen molar-refractivity contribution in [2.45, 2.75) is 38.0 Å². The van der Waals surface area contributed by atoms with Crippen LogP contribution in [0.4, 0.5) is 10.2 Å². The first-order valence-electron chi connectivity index (χ1n) is 7.83. The van der Waals surface area contributed by atoms with Crippen LogP contribution in [0.2, 0.25) is 0 Å². The van der Waals surface area contributed by atoms with Gasteiger partial charge >= 0.3 is 8.25 Å². The lowest BCUT2D eigenvalue weighted by atomic mass is 9.98. The van der Waals surface area contributed by atoms with E-state index < -0.39 is 39.0 Å². The van der Waals surface area contributed by atoms with E-state index in [1.165, 1.54) is 17.8 Å². The molecule has 0 aliphatic carbocycles. The molecule has 0 radical (unpaired) electrons. The highest BCUT2D eigenvalue weighted by Gasteiger charge is 2.56. The van der Waals surface area contributed by atoms with Crippen molar-refractivity contribution in [3.05, 3.63) is 12.2 Å². The normalized spacial score (nSPS) is 29.3. The summed E-state index contributed by atoms with van der Waals surface area (Å²) in [4.78, 5) is 23.4. The number of aromatic nitrogens is 4. The average Bonchev–Trinajstić information content (AvgIpc) is 3.04. The first kappa shape index (κ1) is 19.0. The third kappa shape index (κ3) is 3.17. The summed E-state index contributed by atoms with van der Waals surface area (Å²) in [5.41, 5.74) is -1.37. The van der Waals surface area contributed by atoms with Gasteiger partial charge in [-0.25, -0.2) is 19.3 Å². The molecule has 0 aromatic carbocycles. The van der Waals surface area contributed by atoms with E-state index in [2.05, 4.69) is 19.5 Å². The third-order valence-corrected chi connectivity index (χ3v) is 4.63. The maximum absolute atomic E-state index is 15.2. The number of imidazole rings is 1. The second kappa shape index (κ2) is 6.75. The molecule has 1 saturated heterocycles. The van der Waals surface area contributed by atoms with E-state index in [4.69, 9.17) is 9.63 Å². The van der Waals surface area contributed by atoms with Crippen molar-refractivity contribution in [1.29, 1.82) is 0 Å². The van der Waals surface area contributed by atoms with Crippen LogP contribution < -0.4 is 4.90 Å². The zero-order valence-electron chi connectivity index (χ0n) is 14.7. The fourth-order valence-electron chi connectivity index (χ4n) is 2.98. The molecule has 26 heavy (non-hydrogen) atoms. The van der Waals surface area contributed by atoms with Gasteiger partial charge in [0.1, 0.15) is 24.6 Å². The van der Waals surface area contributed by atoms with Gasteiger partial charge in [-0.05, 0) is 13.8 Å². The van der Waals surface area contributed by atoms with Crippen LogP contribution >= 0.6 is 8.25 Å². The Kier molecular flexibility index (Phi) is 4.93. The molecule has 0 spiro atoms. The van der Waals surface area contributed by atoms with Gasteiger partial charge in [0.25, 0.3) is 0 Å². The fourth-order valence-corrected chi connectivity index (χ4v) is 3.25. The predicted octanol–water partition coefficient (Wildman–Crippen LogP) is 0.854. The molecule has 0 saturated carbocycles. The summed E-state index contributed by atoms with van der Waals surface area (Å²) in [7, 11) is 0.730. The molecule has 2 aromatic rings. The van der Waals surface area contributed by atoms with E-state index in [9.17, 15) is 9.67 Å². The number of hydrogen-bond donors (Lipinski definition) is 2. The van der Waals surface area contributed by atoms with Crippen molar-refractivity contribution in [2.24, 2.45) is 0 Å². The Balaban J connectivity index is 2.02. The number of fused-ring (bicyclic) bond motifs is 1. The Hall–Kier alpha value is -1.78. The van der Waals surface area contributed by atoms with Crippen LogP contribution in [-0.4, -0.2) is 68.1 Å². The lowest BCUT2D eigenvalue weighted by Gasteiger charge is -2.24. The van der Waals surface area contributed by atoms with E-state index >= 15 is 4.39 Å². The van der Waals surface area contributed by atoms with Crippen LogP contribution in [0.3, 0.4) is 0 Å². The molecule has 142 valence electrons. The monoisotopic (exact) mass is 388 g/mol. The highest BCUT2D eigenvalue weighted by molar-refractivity contribution is 7.32. The Morgan fingerprint density at radius 3 is 2.81 bits per heavy atom. The molecular formula is C14H20FN5O5P+. The number of rotatable bonds is 5. The number of halogens is 1. The first-order valence-corrected chi connectivity index (χ1v) is 8.96. The summed E-state index contributed by atoms with van der Waals surface area (Å²) in [5, 5.41) is 10.2.